The molecule has 170 valence electrons. The third kappa shape index (κ3) is 2.94. The van der Waals surface area contributed by atoms with Gasteiger partial charge in [0.1, 0.15) is 24.7 Å². The minimum absolute atomic E-state index is 0.126. The maximum absolute atomic E-state index is 13.5. The summed E-state index contributed by atoms with van der Waals surface area (Å²) in [7, 11) is 0. The summed E-state index contributed by atoms with van der Waals surface area (Å²) in [5, 5.41) is 12.3. The Morgan fingerprint density at radius 3 is 2.76 bits per heavy atom. The highest BCUT2D eigenvalue weighted by Gasteiger charge is 2.39. The second-order valence-electron chi connectivity index (χ2n) is 9.06. The van der Waals surface area contributed by atoms with Crippen LogP contribution in [0.2, 0.25) is 0 Å². The Labute approximate surface area is 190 Å². The predicted octanol–water partition coefficient (Wildman–Crippen LogP) is 2.64. The lowest BCUT2D eigenvalue weighted by atomic mass is 9.85. The summed E-state index contributed by atoms with van der Waals surface area (Å²) in [6.07, 6.45) is 0.132. The van der Waals surface area contributed by atoms with Crippen molar-refractivity contribution in [3.63, 3.8) is 0 Å². The summed E-state index contributed by atoms with van der Waals surface area (Å²) in [6.45, 7) is 6.43. The third-order valence-corrected chi connectivity index (χ3v) is 7.25. The summed E-state index contributed by atoms with van der Waals surface area (Å²) in [5.74, 6) is 0.376. The molecule has 1 aromatic carbocycles. The number of hydrogen-bond donors (Lipinski definition) is 1. The minimum Gasteiger partial charge on any atom is -0.478 e. The Balaban J connectivity index is 1.54. The SMILES string of the molecule is CCN1COc2ccc3nc4c(cc3c2C1)Cn1c-4cc2c(c1=O)COC(=O)CC2(O)CC. The molecule has 1 unspecified atom stereocenters. The average Bonchev–Trinajstić information content (AvgIpc) is 3.12. The molecule has 0 amide bonds. The van der Waals surface area contributed by atoms with Gasteiger partial charge in [-0.05, 0) is 42.8 Å². The smallest absolute Gasteiger partial charge is 0.309 e. The number of ether oxygens (including phenoxy) is 2. The molecule has 3 aliphatic heterocycles. The molecule has 0 spiro atoms. The number of rotatable bonds is 2. The monoisotopic (exact) mass is 447 g/mol. The van der Waals surface area contributed by atoms with Crippen LogP contribution in [0.25, 0.3) is 22.3 Å². The van der Waals surface area contributed by atoms with Crippen molar-refractivity contribution in [1.29, 1.82) is 0 Å². The quantitative estimate of drug-likeness (QED) is 0.472. The molecule has 3 aliphatic rings. The molecule has 6 rings (SSSR count). The molecule has 3 aromatic rings. The van der Waals surface area contributed by atoms with E-state index in [0.29, 0.717) is 36.5 Å². The van der Waals surface area contributed by atoms with Crippen LogP contribution < -0.4 is 10.3 Å². The van der Waals surface area contributed by atoms with Gasteiger partial charge in [0.2, 0.25) is 0 Å². The van der Waals surface area contributed by atoms with Crippen molar-refractivity contribution in [1.82, 2.24) is 14.5 Å². The van der Waals surface area contributed by atoms with Gasteiger partial charge < -0.3 is 19.1 Å². The van der Waals surface area contributed by atoms with Crippen molar-refractivity contribution in [3.8, 4) is 17.1 Å². The first-order valence-electron chi connectivity index (χ1n) is 11.4. The zero-order valence-corrected chi connectivity index (χ0v) is 18.7. The number of carbonyl (C=O) groups is 1. The number of fused-ring (bicyclic) bond motifs is 7. The fourth-order valence-electron chi connectivity index (χ4n) is 5.22. The average molecular weight is 447 g/mol. The van der Waals surface area contributed by atoms with Crippen LogP contribution in [0.15, 0.2) is 29.1 Å². The van der Waals surface area contributed by atoms with Crippen molar-refractivity contribution in [3.05, 3.63) is 56.9 Å². The van der Waals surface area contributed by atoms with Crippen LogP contribution in [0.1, 0.15) is 48.9 Å². The fourth-order valence-corrected chi connectivity index (χ4v) is 5.22. The molecule has 0 aliphatic carbocycles. The van der Waals surface area contributed by atoms with Crippen LogP contribution in [0.5, 0.6) is 5.75 Å². The lowest BCUT2D eigenvalue weighted by molar-refractivity contribution is -0.149. The summed E-state index contributed by atoms with van der Waals surface area (Å²) in [5.41, 5.74) is 3.46. The summed E-state index contributed by atoms with van der Waals surface area (Å²) >= 11 is 0. The maximum Gasteiger partial charge on any atom is 0.309 e. The van der Waals surface area contributed by atoms with E-state index in [2.05, 4.69) is 17.9 Å². The molecular weight excluding hydrogens is 422 g/mol. The first-order valence-corrected chi connectivity index (χ1v) is 11.4. The molecule has 0 bridgehead atoms. The van der Waals surface area contributed by atoms with Gasteiger partial charge >= 0.3 is 5.97 Å². The van der Waals surface area contributed by atoms with E-state index in [9.17, 15) is 14.7 Å². The van der Waals surface area contributed by atoms with E-state index in [1.54, 1.807) is 11.5 Å². The van der Waals surface area contributed by atoms with Crippen molar-refractivity contribution < 1.29 is 19.4 Å². The molecule has 8 nitrogen and oxygen atoms in total. The van der Waals surface area contributed by atoms with Gasteiger partial charge in [-0.15, -0.1) is 0 Å². The van der Waals surface area contributed by atoms with Crippen LogP contribution in [0, 0.1) is 0 Å². The Morgan fingerprint density at radius 1 is 1.12 bits per heavy atom. The second-order valence-corrected chi connectivity index (χ2v) is 9.06. The van der Waals surface area contributed by atoms with Crippen molar-refractivity contribution in [2.45, 2.75) is 52.0 Å². The number of carbonyl (C=O) groups excluding carboxylic acids is 1. The third-order valence-electron chi connectivity index (χ3n) is 7.25. The maximum atomic E-state index is 13.5. The summed E-state index contributed by atoms with van der Waals surface area (Å²) in [4.78, 5) is 32.7. The van der Waals surface area contributed by atoms with Gasteiger partial charge in [0.05, 0.1) is 35.4 Å². The molecule has 33 heavy (non-hydrogen) atoms. The summed E-state index contributed by atoms with van der Waals surface area (Å²) < 4.78 is 12.8. The number of cyclic esters (lactones) is 1. The molecule has 1 N–H and O–H groups in total. The Hall–Kier alpha value is -3.23. The van der Waals surface area contributed by atoms with Gasteiger partial charge in [0.15, 0.2) is 0 Å². The highest BCUT2D eigenvalue weighted by Crippen LogP contribution is 2.40. The van der Waals surface area contributed by atoms with Gasteiger partial charge in [0.25, 0.3) is 5.56 Å². The second kappa shape index (κ2) is 7.13. The first kappa shape index (κ1) is 20.4. The molecular formula is C25H25N3O5. The van der Waals surface area contributed by atoms with Gasteiger partial charge in [-0.2, -0.15) is 0 Å². The van der Waals surface area contributed by atoms with Gasteiger partial charge in [-0.25, -0.2) is 4.98 Å². The minimum atomic E-state index is -1.43. The number of aromatic nitrogens is 2. The molecule has 0 saturated heterocycles. The normalized spacial score (nSPS) is 21.5. The number of hydrogen-bond acceptors (Lipinski definition) is 7. The van der Waals surface area contributed by atoms with E-state index in [1.807, 2.05) is 18.2 Å². The van der Waals surface area contributed by atoms with E-state index < -0.39 is 11.6 Å². The number of esters is 1. The van der Waals surface area contributed by atoms with Crippen LogP contribution in [-0.2, 0) is 34.8 Å². The lowest BCUT2D eigenvalue weighted by Crippen LogP contribution is -2.32. The van der Waals surface area contributed by atoms with Crippen molar-refractivity contribution in [2.75, 3.05) is 13.3 Å². The van der Waals surface area contributed by atoms with Crippen molar-refractivity contribution in [2.24, 2.45) is 0 Å². The lowest BCUT2D eigenvalue weighted by Gasteiger charge is -2.28. The topological polar surface area (TPSA) is 93.9 Å². The fraction of sp³-hybridized carbons (Fsp3) is 0.400. The van der Waals surface area contributed by atoms with Crippen LogP contribution >= 0.6 is 0 Å². The number of nitrogens with zero attached hydrogens (tertiary/aromatic N) is 3. The van der Waals surface area contributed by atoms with E-state index in [-0.39, 0.29) is 18.6 Å². The van der Waals surface area contributed by atoms with Crippen LogP contribution in [0.4, 0.5) is 0 Å². The van der Waals surface area contributed by atoms with Gasteiger partial charge in [0, 0.05) is 23.1 Å². The molecule has 1 atom stereocenters. The van der Waals surface area contributed by atoms with Crippen LogP contribution in [-0.4, -0.2) is 38.8 Å². The Kier molecular flexibility index (Phi) is 4.41. The van der Waals surface area contributed by atoms with Gasteiger partial charge in [-0.1, -0.05) is 13.8 Å². The number of aliphatic hydroxyl groups is 1. The molecule has 8 heteroatoms. The highest BCUT2D eigenvalue weighted by molar-refractivity contribution is 5.88. The zero-order chi connectivity index (χ0) is 22.9. The molecule has 0 radical (unpaired) electrons. The Bertz CT molecular complexity index is 1400. The molecule has 0 saturated carbocycles. The largest absolute Gasteiger partial charge is 0.478 e. The number of benzene rings is 1. The van der Waals surface area contributed by atoms with E-state index in [4.69, 9.17) is 14.5 Å². The Morgan fingerprint density at radius 2 is 1.97 bits per heavy atom. The van der Waals surface area contributed by atoms with Crippen molar-refractivity contribution >= 4 is 16.9 Å². The van der Waals surface area contributed by atoms with Crippen LogP contribution in [0.3, 0.4) is 0 Å². The number of pyridine rings is 2. The molecule has 5 heterocycles. The van der Waals surface area contributed by atoms with E-state index >= 15 is 0 Å². The summed E-state index contributed by atoms with van der Waals surface area (Å²) in [6, 6.07) is 7.85. The van der Waals surface area contributed by atoms with Gasteiger partial charge in [-0.3, -0.25) is 14.5 Å². The van der Waals surface area contributed by atoms with E-state index in [0.717, 1.165) is 46.6 Å². The highest BCUT2D eigenvalue weighted by atomic mass is 16.5. The van der Waals surface area contributed by atoms with E-state index in [1.165, 1.54) is 0 Å². The first-order chi connectivity index (χ1) is 15.9. The molecule has 0 fully saturated rings. The standard InChI is InChI=1S/C25H25N3O5/c1-3-25(31)9-22(29)32-12-17-18(25)8-20-23-14(10-28(20)24(17)30)7-15-16-11-27(4-2)13-33-21(16)6-5-19(15)26-23/h5-8,31H,3-4,9-13H2,1-2H3. The zero-order valence-electron chi connectivity index (χ0n) is 18.7. The predicted molar refractivity (Wildman–Crippen MR) is 121 cm³/mol. The molecule has 2 aromatic heterocycles.